The van der Waals surface area contributed by atoms with Gasteiger partial charge in [0.1, 0.15) is 11.9 Å². The molecule has 7 nitrogen and oxygen atoms in total. The first-order valence-electron chi connectivity index (χ1n) is 10.2. The number of halogens is 8. The second kappa shape index (κ2) is 9.86. The number of esters is 1. The summed E-state index contributed by atoms with van der Waals surface area (Å²) in [6.45, 7) is 0.707. The number of fused-ring (bicyclic) bond motifs is 1. The Labute approximate surface area is 203 Å². The zero-order valence-corrected chi connectivity index (χ0v) is 19.1. The molecule has 0 spiro atoms. The van der Waals surface area contributed by atoms with Gasteiger partial charge < -0.3 is 14.4 Å². The number of anilines is 1. The molecule has 200 valence electrons. The number of hydrogen-bond acceptors (Lipinski definition) is 5. The van der Waals surface area contributed by atoms with E-state index in [1.165, 1.54) is 0 Å². The molecule has 3 rings (SSSR count). The van der Waals surface area contributed by atoms with Crippen LogP contribution in [0.2, 0.25) is 0 Å². The van der Waals surface area contributed by atoms with Gasteiger partial charge in [0.15, 0.2) is 29.0 Å². The molecule has 1 aliphatic heterocycles. The molecule has 1 aliphatic rings. The number of likely N-dealkylation sites (N-methyl/N-ethyl adjacent to an activating group) is 1. The quantitative estimate of drug-likeness (QED) is 0.241. The summed E-state index contributed by atoms with van der Waals surface area (Å²) in [5, 5.41) is 0. The molecule has 1 atom stereocenters. The van der Waals surface area contributed by atoms with E-state index < -0.39 is 87.4 Å². The smallest absolute Gasteiger partial charge is 0.469 e. The summed E-state index contributed by atoms with van der Waals surface area (Å²) in [4.78, 5) is 37.7. The Balaban J connectivity index is 2.16. The fourth-order valence-electron chi connectivity index (χ4n) is 3.56. The van der Waals surface area contributed by atoms with Crippen molar-refractivity contribution in [3.8, 4) is 16.9 Å². The number of ether oxygens (including phenoxy) is 2. The highest BCUT2D eigenvalue weighted by Gasteiger charge is 2.53. The summed E-state index contributed by atoms with van der Waals surface area (Å²) >= 11 is 0. The van der Waals surface area contributed by atoms with Gasteiger partial charge in [0.25, 0.3) is 0 Å². The van der Waals surface area contributed by atoms with Crippen LogP contribution in [0.25, 0.3) is 11.1 Å². The second-order valence-corrected chi connectivity index (χ2v) is 7.80. The van der Waals surface area contributed by atoms with Gasteiger partial charge in [-0.3, -0.25) is 19.3 Å². The summed E-state index contributed by atoms with van der Waals surface area (Å²) in [6, 6.07) is -1.30. The first-order chi connectivity index (χ1) is 17.1. The summed E-state index contributed by atoms with van der Waals surface area (Å²) in [6.07, 6.45) is -4.92. The largest absolute Gasteiger partial charge is 0.483 e. The summed E-state index contributed by atoms with van der Waals surface area (Å²) in [7, 11) is 2.25. The molecule has 37 heavy (non-hydrogen) atoms. The van der Waals surface area contributed by atoms with Crippen LogP contribution < -0.4 is 9.64 Å². The Morgan fingerprint density at radius 3 is 2.11 bits per heavy atom. The van der Waals surface area contributed by atoms with E-state index in [4.69, 9.17) is 0 Å². The van der Waals surface area contributed by atoms with Crippen LogP contribution in [0.3, 0.4) is 0 Å². The lowest BCUT2D eigenvalue weighted by Gasteiger charge is -2.38. The van der Waals surface area contributed by atoms with Gasteiger partial charge in [-0.25, -0.2) is 26.3 Å². The number of hydrogen-bond donors (Lipinski definition) is 0. The van der Waals surface area contributed by atoms with Crippen molar-refractivity contribution < 1.29 is 59.0 Å². The van der Waals surface area contributed by atoms with E-state index in [0.29, 0.717) is 6.07 Å². The average molecular weight is 540 g/mol. The fraction of sp³-hybridized carbons (Fsp3) is 0.318. The predicted molar refractivity (Wildman–Crippen MR) is 108 cm³/mol. The zero-order chi connectivity index (χ0) is 28.0. The third kappa shape index (κ3) is 4.76. The molecule has 1 heterocycles. The summed E-state index contributed by atoms with van der Waals surface area (Å²) in [5.74, 6) is -18.9. The van der Waals surface area contributed by atoms with Gasteiger partial charge in [0, 0.05) is 25.2 Å². The number of alkyl halides is 2. The Hall–Kier alpha value is -3.91. The maximum Gasteiger partial charge on any atom is 0.483 e. The Morgan fingerprint density at radius 2 is 1.57 bits per heavy atom. The van der Waals surface area contributed by atoms with Crippen LogP contribution >= 0.6 is 0 Å². The maximum atomic E-state index is 14.7. The van der Waals surface area contributed by atoms with E-state index in [2.05, 4.69) is 9.47 Å². The number of methoxy groups -OCH3 is 1. The van der Waals surface area contributed by atoms with Gasteiger partial charge in [-0.1, -0.05) is 0 Å². The Kier molecular flexibility index (Phi) is 7.37. The van der Waals surface area contributed by atoms with Crippen LogP contribution in [0.5, 0.6) is 5.75 Å². The summed E-state index contributed by atoms with van der Waals surface area (Å²) in [5.41, 5.74) is -3.86. The molecule has 2 aromatic carbocycles. The van der Waals surface area contributed by atoms with Crippen LogP contribution in [0.15, 0.2) is 12.1 Å². The van der Waals surface area contributed by atoms with Gasteiger partial charge in [0.05, 0.1) is 24.8 Å². The van der Waals surface area contributed by atoms with E-state index >= 15 is 0 Å². The van der Waals surface area contributed by atoms with Crippen LogP contribution in [0.4, 0.5) is 40.8 Å². The predicted octanol–water partition coefficient (Wildman–Crippen LogP) is 3.92. The van der Waals surface area contributed by atoms with Gasteiger partial charge in [-0.15, -0.1) is 0 Å². The minimum Gasteiger partial charge on any atom is -0.469 e. The third-order valence-corrected chi connectivity index (χ3v) is 5.49. The van der Waals surface area contributed by atoms with E-state index in [0.717, 1.165) is 26.0 Å². The highest BCUT2D eigenvalue weighted by atomic mass is 19.3. The second-order valence-electron chi connectivity index (χ2n) is 7.80. The van der Waals surface area contributed by atoms with Crippen molar-refractivity contribution in [3.63, 3.8) is 0 Å². The molecule has 0 saturated carbocycles. The number of amides is 2. The van der Waals surface area contributed by atoms with Gasteiger partial charge in [0.2, 0.25) is 11.7 Å². The van der Waals surface area contributed by atoms with Crippen LogP contribution in [-0.4, -0.2) is 55.5 Å². The highest BCUT2D eigenvalue weighted by Crippen LogP contribution is 2.45. The van der Waals surface area contributed by atoms with Crippen LogP contribution in [0, 0.1) is 34.9 Å². The minimum atomic E-state index is -4.62. The molecule has 0 unspecified atom stereocenters. The number of rotatable bonds is 6. The van der Waals surface area contributed by atoms with Crippen molar-refractivity contribution in [2.24, 2.45) is 0 Å². The molecule has 2 amide bonds. The van der Waals surface area contributed by atoms with E-state index in [9.17, 15) is 49.5 Å². The minimum absolute atomic E-state index is 0.130. The molecule has 0 N–H and O–H groups in total. The maximum absolute atomic E-state index is 14.7. The lowest BCUT2D eigenvalue weighted by atomic mass is 10.00. The van der Waals surface area contributed by atoms with Crippen molar-refractivity contribution in [2.45, 2.75) is 25.5 Å². The topological polar surface area (TPSA) is 76.2 Å². The number of carbonyl (C=O) groups is 3. The van der Waals surface area contributed by atoms with E-state index in [1.54, 1.807) is 0 Å². The van der Waals surface area contributed by atoms with Crippen molar-refractivity contribution in [3.05, 3.63) is 47.0 Å². The normalized spacial score (nSPS) is 15.1. The van der Waals surface area contributed by atoms with Crippen molar-refractivity contribution in [2.75, 3.05) is 25.6 Å². The Morgan fingerprint density at radius 1 is 1.03 bits per heavy atom. The molecule has 0 aliphatic carbocycles. The van der Waals surface area contributed by atoms with E-state index in [1.807, 2.05) is 0 Å². The van der Waals surface area contributed by atoms with E-state index in [-0.39, 0.29) is 23.9 Å². The molecule has 0 bridgehead atoms. The molecular weight excluding hydrogens is 524 g/mol. The lowest BCUT2D eigenvalue weighted by Crippen LogP contribution is -2.57. The molecule has 0 aromatic heterocycles. The SMILES string of the molecule is COC(=O)CCN(C)C(=O)[C@@H](C)N1C(=O)C(F)(F)Oc2cc(F)c(-c3c(F)c(F)c(F)c(F)c3F)cc21. The Bertz CT molecular complexity index is 1270. The lowest BCUT2D eigenvalue weighted by molar-refractivity contribution is -0.193. The molecule has 0 fully saturated rings. The monoisotopic (exact) mass is 540 g/mol. The van der Waals surface area contributed by atoms with Gasteiger partial charge in [-0.2, -0.15) is 8.78 Å². The van der Waals surface area contributed by atoms with Crippen molar-refractivity contribution in [1.29, 1.82) is 0 Å². The van der Waals surface area contributed by atoms with Gasteiger partial charge in [-0.05, 0) is 13.0 Å². The first-order valence-corrected chi connectivity index (χ1v) is 10.2. The van der Waals surface area contributed by atoms with Crippen molar-refractivity contribution >= 4 is 23.5 Å². The zero-order valence-electron chi connectivity index (χ0n) is 19.1. The van der Waals surface area contributed by atoms with Crippen LogP contribution in [-0.2, 0) is 19.1 Å². The number of benzene rings is 2. The number of carbonyl (C=O) groups excluding carboxylic acids is 3. The molecule has 15 heteroatoms. The fourth-order valence-corrected chi connectivity index (χ4v) is 3.56. The standard InChI is InChI=1S/C22H16F8N2O5/c1-8(20(34)31(2)5-4-13(33)36-3)32-11-6-9(10(23)7-12(11)37-22(29,30)21(32)35)14-15(24)17(26)19(28)18(27)16(14)25/h6-8H,4-5H2,1-3H3/t8-/m1/s1. The first kappa shape index (κ1) is 27.7. The highest BCUT2D eigenvalue weighted by molar-refractivity contribution is 6.06. The molecular formula is C22H16F8N2O5. The molecule has 2 aromatic rings. The van der Waals surface area contributed by atoms with Gasteiger partial charge >= 0.3 is 18.0 Å². The molecule has 0 saturated heterocycles. The average Bonchev–Trinajstić information content (AvgIpc) is 2.85. The number of nitrogens with zero attached hydrogens (tertiary/aromatic N) is 2. The molecule has 0 radical (unpaired) electrons. The van der Waals surface area contributed by atoms with Crippen LogP contribution in [0.1, 0.15) is 13.3 Å². The summed E-state index contributed by atoms with van der Waals surface area (Å²) < 4.78 is 122. The third-order valence-electron chi connectivity index (χ3n) is 5.49. The van der Waals surface area contributed by atoms with Crippen molar-refractivity contribution in [1.82, 2.24) is 4.90 Å².